The van der Waals surface area contributed by atoms with Gasteiger partial charge in [0.25, 0.3) is 5.91 Å². The second kappa shape index (κ2) is 11.4. The summed E-state index contributed by atoms with van der Waals surface area (Å²) in [6, 6.07) is 10.6. The summed E-state index contributed by atoms with van der Waals surface area (Å²) in [4.78, 5) is 36.6. The second-order valence-corrected chi connectivity index (χ2v) is 8.91. The molecule has 12 heteroatoms. The molecule has 0 unspecified atom stereocenters. The van der Waals surface area contributed by atoms with Crippen LogP contribution in [0.3, 0.4) is 0 Å². The minimum Gasteiger partial charge on any atom is -0.465 e. The highest BCUT2D eigenvalue weighted by molar-refractivity contribution is 7.99. The zero-order chi connectivity index (χ0) is 24.8. The van der Waals surface area contributed by atoms with E-state index in [2.05, 4.69) is 25.6 Å². The maximum atomic E-state index is 12.6. The number of nitrogens with zero attached hydrogens (tertiary/aromatic N) is 3. The van der Waals surface area contributed by atoms with Gasteiger partial charge in [-0.15, -0.1) is 10.2 Å². The topological polar surface area (TPSA) is 115 Å². The summed E-state index contributed by atoms with van der Waals surface area (Å²) < 4.78 is 6.38. The van der Waals surface area contributed by atoms with E-state index in [0.29, 0.717) is 32.8 Å². The molecule has 3 rings (SSSR count). The minimum atomic E-state index is -0.489. The van der Waals surface area contributed by atoms with E-state index in [0.717, 1.165) is 0 Å². The zero-order valence-electron chi connectivity index (χ0n) is 18.5. The number of carbonyl (C=O) groups excluding carboxylic acids is 3. The molecule has 1 heterocycles. The first-order chi connectivity index (χ1) is 16.2. The first kappa shape index (κ1) is 25.5. The quantitative estimate of drug-likeness (QED) is 0.338. The number of benzene rings is 2. The van der Waals surface area contributed by atoms with Crippen LogP contribution in [0.25, 0.3) is 0 Å². The smallest absolute Gasteiger partial charge is 0.337 e. The van der Waals surface area contributed by atoms with Crippen LogP contribution in [0.4, 0.5) is 5.69 Å². The molecular weight excluding hydrogens is 501 g/mol. The van der Waals surface area contributed by atoms with Crippen molar-refractivity contribution in [2.75, 3.05) is 18.2 Å². The Labute approximate surface area is 210 Å². The van der Waals surface area contributed by atoms with Crippen molar-refractivity contribution in [2.24, 2.45) is 7.05 Å². The van der Waals surface area contributed by atoms with Gasteiger partial charge in [-0.1, -0.05) is 41.0 Å². The number of amides is 2. The number of methoxy groups -OCH3 is 1. The van der Waals surface area contributed by atoms with E-state index >= 15 is 0 Å². The molecule has 0 aliphatic carbocycles. The number of rotatable bonds is 8. The van der Waals surface area contributed by atoms with Crippen LogP contribution in [0, 0.1) is 0 Å². The monoisotopic (exact) mass is 521 g/mol. The van der Waals surface area contributed by atoms with Gasteiger partial charge in [-0.3, -0.25) is 9.59 Å². The Morgan fingerprint density at radius 2 is 1.91 bits per heavy atom. The van der Waals surface area contributed by atoms with Crippen LogP contribution < -0.4 is 10.6 Å². The molecule has 34 heavy (non-hydrogen) atoms. The Hall–Kier alpha value is -3.08. The van der Waals surface area contributed by atoms with Gasteiger partial charge in [-0.2, -0.15) is 0 Å². The molecule has 0 saturated carbocycles. The van der Waals surface area contributed by atoms with E-state index in [9.17, 15) is 14.4 Å². The molecule has 178 valence electrons. The molecule has 2 N–H and O–H groups in total. The van der Waals surface area contributed by atoms with E-state index in [4.69, 9.17) is 23.2 Å². The Morgan fingerprint density at radius 3 is 2.62 bits per heavy atom. The third-order valence-electron chi connectivity index (χ3n) is 4.68. The van der Waals surface area contributed by atoms with Gasteiger partial charge in [0.15, 0.2) is 11.0 Å². The van der Waals surface area contributed by atoms with Crippen LogP contribution >= 0.6 is 35.0 Å². The number of esters is 1. The molecule has 0 aliphatic heterocycles. The largest absolute Gasteiger partial charge is 0.465 e. The number of hydrogen-bond acceptors (Lipinski definition) is 7. The van der Waals surface area contributed by atoms with Crippen molar-refractivity contribution in [2.45, 2.75) is 18.1 Å². The Balaban J connectivity index is 1.59. The van der Waals surface area contributed by atoms with Crippen LogP contribution in [0.15, 0.2) is 47.6 Å². The van der Waals surface area contributed by atoms with Gasteiger partial charge in [0.2, 0.25) is 5.91 Å². The van der Waals surface area contributed by atoms with Crippen molar-refractivity contribution in [3.8, 4) is 0 Å². The molecule has 3 aromatic rings. The number of halogens is 2. The Morgan fingerprint density at radius 1 is 1.15 bits per heavy atom. The lowest BCUT2D eigenvalue weighted by atomic mass is 10.2. The molecule has 9 nitrogen and oxygen atoms in total. The fourth-order valence-corrected chi connectivity index (χ4v) is 4.22. The molecule has 2 aromatic carbocycles. The molecule has 0 radical (unpaired) electrons. The predicted molar refractivity (Wildman–Crippen MR) is 130 cm³/mol. The van der Waals surface area contributed by atoms with Gasteiger partial charge in [-0.25, -0.2) is 4.79 Å². The summed E-state index contributed by atoms with van der Waals surface area (Å²) >= 11 is 13.2. The average molecular weight is 522 g/mol. The minimum absolute atomic E-state index is 0.0650. The van der Waals surface area contributed by atoms with Gasteiger partial charge >= 0.3 is 5.97 Å². The SMILES string of the molecule is COC(=O)c1cccc(NC(=O)CSc2nnc([C@H](C)NC(=O)c3ccc(Cl)cc3Cl)n2C)c1. The van der Waals surface area contributed by atoms with Crippen molar-refractivity contribution in [1.82, 2.24) is 20.1 Å². The van der Waals surface area contributed by atoms with Crippen molar-refractivity contribution in [3.05, 3.63) is 69.5 Å². The summed E-state index contributed by atoms with van der Waals surface area (Å²) in [5.41, 5.74) is 1.11. The number of aromatic nitrogens is 3. The van der Waals surface area contributed by atoms with E-state index in [1.807, 2.05) is 0 Å². The maximum absolute atomic E-state index is 12.6. The lowest BCUT2D eigenvalue weighted by Gasteiger charge is -2.14. The summed E-state index contributed by atoms with van der Waals surface area (Å²) in [5, 5.41) is 15.0. The zero-order valence-corrected chi connectivity index (χ0v) is 20.8. The van der Waals surface area contributed by atoms with Crippen LogP contribution in [-0.4, -0.2) is 45.4 Å². The maximum Gasteiger partial charge on any atom is 0.337 e. The fourth-order valence-electron chi connectivity index (χ4n) is 3.01. The van der Waals surface area contributed by atoms with Gasteiger partial charge in [-0.05, 0) is 43.3 Å². The van der Waals surface area contributed by atoms with E-state index < -0.39 is 12.0 Å². The Kier molecular flexibility index (Phi) is 8.54. The number of anilines is 1. The standard InChI is InChI=1S/C22H21Cl2N5O4S/c1-12(25-20(31)16-8-7-14(23)10-17(16)24)19-27-28-22(29(19)2)34-11-18(30)26-15-6-4-5-13(9-15)21(32)33-3/h4-10,12H,11H2,1-3H3,(H,25,31)(H,26,30)/t12-/m0/s1. The lowest BCUT2D eigenvalue weighted by molar-refractivity contribution is -0.113. The molecule has 1 aromatic heterocycles. The fraction of sp³-hybridized carbons (Fsp3) is 0.227. The van der Waals surface area contributed by atoms with Crippen LogP contribution in [-0.2, 0) is 16.6 Å². The van der Waals surface area contributed by atoms with E-state index in [1.165, 1.54) is 31.0 Å². The number of hydrogen-bond donors (Lipinski definition) is 2. The highest BCUT2D eigenvalue weighted by Crippen LogP contribution is 2.23. The number of thioether (sulfide) groups is 1. The second-order valence-electron chi connectivity index (χ2n) is 7.13. The average Bonchev–Trinajstić information content (AvgIpc) is 3.17. The van der Waals surface area contributed by atoms with Gasteiger partial charge in [0, 0.05) is 17.8 Å². The highest BCUT2D eigenvalue weighted by atomic mass is 35.5. The van der Waals surface area contributed by atoms with Crippen molar-refractivity contribution >= 4 is 58.4 Å². The first-order valence-corrected chi connectivity index (χ1v) is 11.7. The van der Waals surface area contributed by atoms with Crippen LogP contribution in [0.1, 0.15) is 39.5 Å². The summed E-state index contributed by atoms with van der Waals surface area (Å²) in [6.45, 7) is 1.77. The third-order valence-corrected chi connectivity index (χ3v) is 6.25. The van der Waals surface area contributed by atoms with Crippen molar-refractivity contribution < 1.29 is 19.1 Å². The lowest BCUT2D eigenvalue weighted by Crippen LogP contribution is -2.28. The normalized spacial score (nSPS) is 11.6. The van der Waals surface area contributed by atoms with E-state index in [1.54, 1.807) is 48.9 Å². The molecule has 0 spiro atoms. The molecule has 1 atom stereocenters. The summed E-state index contributed by atoms with van der Waals surface area (Å²) in [6.07, 6.45) is 0. The summed E-state index contributed by atoms with van der Waals surface area (Å²) in [5.74, 6) is -0.575. The number of carbonyl (C=O) groups is 3. The van der Waals surface area contributed by atoms with Gasteiger partial charge < -0.3 is 19.9 Å². The van der Waals surface area contributed by atoms with Crippen LogP contribution in [0.5, 0.6) is 0 Å². The van der Waals surface area contributed by atoms with Crippen molar-refractivity contribution in [1.29, 1.82) is 0 Å². The molecule has 0 bridgehead atoms. The van der Waals surface area contributed by atoms with Crippen LogP contribution in [0.2, 0.25) is 10.0 Å². The van der Waals surface area contributed by atoms with Gasteiger partial charge in [0.1, 0.15) is 0 Å². The molecule has 0 saturated heterocycles. The predicted octanol–water partition coefficient (Wildman–Crippen LogP) is 4.13. The van der Waals surface area contributed by atoms with Crippen molar-refractivity contribution in [3.63, 3.8) is 0 Å². The first-order valence-electron chi connectivity index (χ1n) is 9.95. The van der Waals surface area contributed by atoms with E-state index in [-0.39, 0.29) is 22.6 Å². The molecule has 2 amide bonds. The Bertz CT molecular complexity index is 1230. The van der Waals surface area contributed by atoms with Gasteiger partial charge in [0.05, 0.1) is 35.1 Å². The molecular formula is C22H21Cl2N5O4S. The molecule has 0 fully saturated rings. The number of ether oxygens (including phenoxy) is 1. The summed E-state index contributed by atoms with van der Waals surface area (Å²) in [7, 11) is 3.03. The molecule has 0 aliphatic rings. The number of nitrogens with one attached hydrogen (secondary N) is 2. The third kappa shape index (κ3) is 6.28. The highest BCUT2D eigenvalue weighted by Gasteiger charge is 2.20.